The maximum atomic E-state index is 12.7. The van der Waals surface area contributed by atoms with Crippen molar-refractivity contribution in [3.8, 4) is 0 Å². The van der Waals surface area contributed by atoms with Crippen molar-refractivity contribution < 1.29 is 9.59 Å². The minimum Gasteiger partial charge on any atom is -0.327 e. The summed E-state index contributed by atoms with van der Waals surface area (Å²) in [5.41, 5.74) is 2.43. The Labute approximate surface area is 275 Å². The van der Waals surface area contributed by atoms with Gasteiger partial charge in [0.2, 0.25) is 0 Å². The van der Waals surface area contributed by atoms with E-state index < -0.39 is 0 Å². The summed E-state index contributed by atoms with van der Waals surface area (Å²) in [6, 6.07) is 4.20. The molecule has 2 aliphatic rings. The van der Waals surface area contributed by atoms with Gasteiger partial charge in [-0.3, -0.25) is 9.59 Å². The third kappa shape index (κ3) is 8.78. The van der Waals surface area contributed by atoms with Crippen LogP contribution in [0.15, 0.2) is 32.0 Å². The van der Waals surface area contributed by atoms with Crippen LogP contribution in [-0.4, -0.2) is 32.2 Å². The number of nitrogens with zero attached hydrogens (tertiary/aromatic N) is 2. The van der Waals surface area contributed by atoms with E-state index in [2.05, 4.69) is 49.0 Å². The SMILES string of the molecule is CC(C)(CCC(=O)CCCC(=O)CCC(C)(C)Cn1c(S)c2c(cc1=S)SCC2)Cn1c(S)c2c(cc1=S)SCC2. The Morgan fingerprint density at radius 3 is 1.54 bits per heavy atom. The van der Waals surface area contributed by atoms with Crippen molar-refractivity contribution in [2.45, 2.75) is 118 Å². The highest BCUT2D eigenvalue weighted by Crippen LogP contribution is 2.38. The topological polar surface area (TPSA) is 44.0 Å². The first-order valence-corrected chi connectivity index (χ1v) is 18.1. The smallest absolute Gasteiger partial charge is 0.132 e. The van der Waals surface area contributed by atoms with Crippen molar-refractivity contribution in [2.75, 3.05) is 11.5 Å². The summed E-state index contributed by atoms with van der Waals surface area (Å²) in [6.45, 7) is 10.2. The molecule has 0 amide bonds. The summed E-state index contributed by atoms with van der Waals surface area (Å²) in [5, 5.41) is 1.94. The van der Waals surface area contributed by atoms with Gasteiger partial charge in [-0.05, 0) is 66.2 Å². The van der Waals surface area contributed by atoms with Gasteiger partial charge in [0.05, 0.1) is 10.1 Å². The first-order valence-electron chi connectivity index (χ1n) is 14.5. The van der Waals surface area contributed by atoms with Gasteiger partial charge in [0, 0.05) is 60.1 Å². The lowest BCUT2D eigenvalue weighted by molar-refractivity contribution is -0.121. The van der Waals surface area contributed by atoms with Gasteiger partial charge in [0.15, 0.2) is 0 Å². The van der Waals surface area contributed by atoms with E-state index in [1.807, 2.05) is 23.5 Å². The minimum absolute atomic E-state index is 0.0831. The molecule has 224 valence electrons. The maximum absolute atomic E-state index is 12.7. The molecule has 2 aliphatic heterocycles. The van der Waals surface area contributed by atoms with Crippen LogP contribution < -0.4 is 0 Å². The third-order valence-electron chi connectivity index (χ3n) is 8.15. The number of Topliss-reactive ketones (excluding diaryl/α,β-unsaturated/α-hetero) is 2. The van der Waals surface area contributed by atoms with E-state index in [0.29, 0.717) is 32.1 Å². The summed E-state index contributed by atoms with van der Waals surface area (Å²) in [5.74, 6) is 2.63. The molecule has 4 nitrogen and oxygen atoms in total. The molecule has 0 radical (unpaired) electrons. The number of carbonyl (C=O) groups excluding carboxylic acids is 2. The molecule has 0 aromatic carbocycles. The third-order valence-corrected chi connectivity index (χ3v) is 12.0. The molecule has 0 aliphatic carbocycles. The molecule has 0 fully saturated rings. The number of hydrogen-bond donors (Lipinski definition) is 2. The average molecular weight is 667 g/mol. The van der Waals surface area contributed by atoms with Gasteiger partial charge in [0.1, 0.15) is 20.8 Å². The Morgan fingerprint density at radius 1 is 0.756 bits per heavy atom. The number of pyridine rings is 2. The fraction of sp³-hybridized carbons (Fsp3) is 0.613. The first-order chi connectivity index (χ1) is 19.3. The van der Waals surface area contributed by atoms with Gasteiger partial charge >= 0.3 is 0 Å². The van der Waals surface area contributed by atoms with Crippen molar-refractivity contribution in [1.82, 2.24) is 9.13 Å². The van der Waals surface area contributed by atoms with Crippen LogP contribution in [0.25, 0.3) is 0 Å². The predicted octanol–water partition coefficient (Wildman–Crippen LogP) is 9.24. The van der Waals surface area contributed by atoms with Gasteiger partial charge in [0.25, 0.3) is 0 Å². The number of rotatable bonds is 14. The Balaban J connectivity index is 1.19. The van der Waals surface area contributed by atoms with Crippen molar-refractivity contribution in [3.05, 3.63) is 32.5 Å². The summed E-state index contributed by atoms with van der Waals surface area (Å²) in [6.07, 6.45) is 6.23. The zero-order chi connectivity index (χ0) is 29.9. The first kappa shape index (κ1) is 33.4. The largest absolute Gasteiger partial charge is 0.327 e. The second-order valence-electron chi connectivity index (χ2n) is 12.9. The average Bonchev–Trinajstić information content (AvgIpc) is 3.56. The Kier molecular flexibility index (Phi) is 11.4. The summed E-state index contributed by atoms with van der Waals surface area (Å²) < 4.78 is 5.87. The zero-order valence-electron chi connectivity index (χ0n) is 24.6. The lowest BCUT2D eigenvalue weighted by Gasteiger charge is -2.28. The molecule has 2 aromatic rings. The van der Waals surface area contributed by atoms with Crippen LogP contribution >= 0.6 is 73.2 Å². The van der Waals surface area contributed by atoms with Crippen molar-refractivity contribution in [1.29, 1.82) is 0 Å². The van der Waals surface area contributed by atoms with Gasteiger partial charge in [-0.25, -0.2) is 0 Å². The summed E-state index contributed by atoms with van der Waals surface area (Å²) in [7, 11) is 0. The highest BCUT2D eigenvalue weighted by molar-refractivity contribution is 8.00. The molecule has 4 heterocycles. The highest BCUT2D eigenvalue weighted by atomic mass is 32.2. The van der Waals surface area contributed by atoms with E-state index in [9.17, 15) is 9.59 Å². The van der Waals surface area contributed by atoms with Crippen molar-refractivity contribution in [2.24, 2.45) is 10.8 Å². The lowest BCUT2D eigenvalue weighted by atomic mass is 9.85. The van der Waals surface area contributed by atoms with E-state index in [1.165, 1.54) is 20.9 Å². The molecule has 0 saturated heterocycles. The molecule has 0 spiro atoms. The maximum Gasteiger partial charge on any atom is 0.132 e. The molecule has 10 heteroatoms. The number of thiol groups is 2. The fourth-order valence-electron chi connectivity index (χ4n) is 5.57. The quantitative estimate of drug-likeness (QED) is 0.155. The zero-order valence-corrected chi connectivity index (χ0v) is 29.6. The van der Waals surface area contributed by atoms with Crippen LogP contribution in [0.3, 0.4) is 0 Å². The minimum atomic E-state index is -0.0831. The van der Waals surface area contributed by atoms with E-state index in [-0.39, 0.29) is 22.4 Å². The number of aromatic nitrogens is 2. The molecule has 2 aromatic heterocycles. The second-order valence-corrected chi connectivity index (χ2v) is 16.9. The Bertz CT molecular complexity index is 1330. The molecule has 0 bridgehead atoms. The Hall–Kier alpha value is -0.520. The van der Waals surface area contributed by atoms with Crippen molar-refractivity contribution in [3.63, 3.8) is 0 Å². The van der Waals surface area contributed by atoms with Crippen LogP contribution in [0.1, 0.15) is 83.8 Å². The standard InChI is InChI=1S/C31H42N2O2S6/c1-30(2,18-32-26(36)16-24-22(28(32)38)10-14-40-24)12-8-20(34)6-5-7-21(35)9-13-31(3,4)19-33-27(37)17-25-23(29(33)39)11-15-41-25/h16-17,38-39H,5-15,18-19H2,1-4H3. The molecule has 0 unspecified atom stereocenters. The molecular weight excluding hydrogens is 625 g/mol. The summed E-state index contributed by atoms with van der Waals surface area (Å²) in [4.78, 5) is 27.9. The predicted molar refractivity (Wildman–Crippen MR) is 184 cm³/mol. The fourth-order valence-corrected chi connectivity index (χ4v) is 9.56. The van der Waals surface area contributed by atoms with E-state index in [4.69, 9.17) is 49.7 Å². The van der Waals surface area contributed by atoms with Gasteiger partial charge in [-0.1, -0.05) is 52.1 Å². The molecule has 0 atom stereocenters. The van der Waals surface area contributed by atoms with Crippen LogP contribution in [0, 0.1) is 20.1 Å². The number of ketones is 2. The number of carbonyl (C=O) groups is 2. The number of thioether (sulfide) groups is 2. The van der Waals surface area contributed by atoms with Crippen LogP contribution in [-0.2, 0) is 35.5 Å². The Morgan fingerprint density at radius 2 is 1.15 bits per heavy atom. The molecule has 4 rings (SSSR count). The number of fused-ring (bicyclic) bond motifs is 2. The van der Waals surface area contributed by atoms with Gasteiger partial charge < -0.3 is 9.13 Å². The second kappa shape index (κ2) is 14.1. The van der Waals surface area contributed by atoms with Crippen molar-refractivity contribution >= 4 is 84.8 Å². The molecule has 0 N–H and O–H groups in total. The van der Waals surface area contributed by atoms with Gasteiger partial charge in [-0.2, -0.15) is 0 Å². The van der Waals surface area contributed by atoms with Crippen LogP contribution in [0.2, 0.25) is 0 Å². The van der Waals surface area contributed by atoms with E-state index in [1.54, 1.807) is 0 Å². The van der Waals surface area contributed by atoms with Gasteiger partial charge in [-0.15, -0.1) is 48.8 Å². The van der Waals surface area contributed by atoms with E-state index in [0.717, 1.165) is 69.6 Å². The highest BCUT2D eigenvalue weighted by Gasteiger charge is 2.26. The monoisotopic (exact) mass is 666 g/mol. The lowest BCUT2D eigenvalue weighted by Crippen LogP contribution is -2.23. The number of hydrogen-bond acceptors (Lipinski definition) is 8. The van der Waals surface area contributed by atoms with E-state index >= 15 is 0 Å². The summed E-state index contributed by atoms with van der Waals surface area (Å²) >= 11 is 24.7. The molecule has 0 saturated carbocycles. The molecule has 41 heavy (non-hydrogen) atoms. The van der Waals surface area contributed by atoms with Crippen LogP contribution in [0.5, 0.6) is 0 Å². The van der Waals surface area contributed by atoms with Crippen LogP contribution in [0.4, 0.5) is 0 Å². The molecular formula is C31H42N2O2S6. The normalized spacial score (nSPS) is 14.8.